The molecule has 0 heterocycles. The fourth-order valence-corrected chi connectivity index (χ4v) is 7.00. The van der Waals surface area contributed by atoms with Gasteiger partial charge in [0.2, 0.25) is 0 Å². The van der Waals surface area contributed by atoms with Crippen LogP contribution in [0.1, 0.15) is 86.0 Å². The van der Waals surface area contributed by atoms with Gasteiger partial charge in [0.15, 0.2) is 0 Å². The van der Waals surface area contributed by atoms with Gasteiger partial charge < -0.3 is 4.74 Å². The van der Waals surface area contributed by atoms with Crippen LogP contribution < -0.4 is 0 Å². The molecule has 0 unspecified atom stereocenters. The Kier molecular flexibility index (Phi) is 4.04. The molecule has 6 atom stereocenters. The third-order valence-electron chi connectivity index (χ3n) is 8.29. The SMILES string of the molecule is CC(C)(C)O[C@H]1CC[C@@]2(C)C(=CC[C@@H]3[C@@H]4CCC(=O)[C@]4(C)CC[C@@H]32)C1. The summed E-state index contributed by atoms with van der Waals surface area (Å²) in [5.74, 6) is 2.71. The van der Waals surface area contributed by atoms with Crippen molar-refractivity contribution >= 4 is 5.78 Å². The molecule has 0 amide bonds. The predicted molar refractivity (Wildman–Crippen MR) is 101 cm³/mol. The molecule has 0 aromatic heterocycles. The molecule has 0 N–H and O–H groups in total. The van der Waals surface area contributed by atoms with Crippen molar-refractivity contribution in [2.45, 2.75) is 97.7 Å². The van der Waals surface area contributed by atoms with E-state index in [-0.39, 0.29) is 11.0 Å². The zero-order valence-electron chi connectivity index (χ0n) is 16.9. The number of ketones is 1. The molecule has 3 fully saturated rings. The molecule has 2 nitrogen and oxygen atoms in total. The Balaban J connectivity index is 1.57. The van der Waals surface area contributed by atoms with E-state index in [2.05, 4.69) is 40.7 Å². The molecule has 0 aromatic rings. The van der Waals surface area contributed by atoms with E-state index in [9.17, 15) is 4.79 Å². The van der Waals surface area contributed by atoms with Gasteiger partial charge in [0, 0.05) is 11.8 Å². The van der Waals surface area contributed by atoms with E-state index in [0.717, 1.165) is 37.5 Å². The van der Waals surface area contributed by atoms with Gasteiger partial charge in [0.05, 0.1) is 11.7 Å². The standard InChI is InChI=1S/C23H36O2/c1-21(2,3)25-16-10-12-22(4)15(14-16)6-7-17-18-8-9-20(24)23(18,5)13-11-19(17)22/h6,16-19H,7-14H2,1-5H3/t16-,17+,18-,19-,22-,23+/m0/s1. The van der Waals surface area contributed by atoms with Gasteiger partial charge in [-0.1, -0.05) is 25.5 Å². The second-order valence-electron chi connectivity index (χ2n) is 10.8. The smallest absolute Gasteiger partial charge is 0.139 e. The monoisotopic (exact) mass is 344 g/mol. The van der Waals surface area contributed by atoms with Gasteiger partial charge in [-0.3, -0.25) is 4.79 Å². The summed E-state index contributed by atoms with van der Waals surface area (Å²) in [6.07, 6.45) is 12.1. The van der Waals surface area contributed by atoms with Gasteiger partial charge in [-0.2, -0.15) is 0 Å². The highest BCUT2D eigenvalue weighted by Gasteiger charge is 2.58. The lowest BCUT2D eigenvalue weighted by Gasteiger charge is -2.57. The van der Waals surface area contributed by atoms with Gasteiger partial charge in [0.1, 0.15) is 5.78 Å². The lowest BCUT2D eigenvalue weighted by molar-refractivity contribution is -0.132. The van der Waals surface area contributed by atoms with Crippen LogP contribution in [0.4, 0.5) is 0 Å². The molecule has 0 spiro atoms. The molecule has 4 rings (SSSR count). The molecule has 0 saturated heterocycles. The Morgan fingerprint density at radius 3 is 2.44 bits per heavy atom. The quantitative estimate of drug-likeness (QED) is 0.570. The first-order chi connectivity index (χ1) is 11.6. The zero-order valence-corrected chi connectivity index (χ0v) is 16.9. The maximum atomic E-state index is 12.5. The Morgan fingerprint density at radius 1 is 1.04 bits per heavy atom. The summed E-state index contributed by atoms with van der Waals surface area (Å²) in [7, 11) is 0. The fourth-order valence-electron chi connectivity index (χ4n) is 7.00. The molecular formula is C23H36O2. The van der Waals surface area contributed by atoms with Crippen LogP contribution in [-0.2, 0) is 9.53 Å². The van der Waals surface area contributed by atoms with Crippen LogP contribution in [0.2, 0.25) is 0 Å². The Hall–Kier alpha value is -0.630. The second-order valence-corrected chi connectivity index (χ2v) is 10.8. The average molecular weight is 345 g/mol. The molecule has 4 aliphatic rings. The number of fused-ring (bicyclic) bond motifs is 5. The van der Waals surface area contributed by atoms with E-state index < -0.39 is 0 Å². The molecule has 2 heteroatoms. The van der Waals surface area contributed by atoms with Crippen LogP contribution in [0.25, 0.3) is 0 Å². The summed E-state index contributed by atoms with van der Waals surface area (Å²) < 4.78 is 6.32. The van der Waals surface area contributed by atoms with Gasteiger partial charge in [-0.15, -0.1) is 0 Å². The minimum absolute atomic E-state index is 0.00455. The number of hydrogen-bond acceptors (Lipinski definition) is 2. The first-order valence-electron chi connectivity index (χ1n) is 10.5. The van der Waals surface area contributed by atoms with Gasteiger partial charge in [0.25, 0.3) is 0 Å². The van der Waals surface area contributed by atoms with E-state index in [4.69, 9.17) is 4.74 Å². The Morgan fingerprint density at radius 2 is 1.72 bits per heavy atom. The number of ether oxygens (including phenoxy) is 1. The van der Waals surface area contributed by atoms with Gasteiger partial charge in [-0.25, -0.2) is 0 Å². The zero-order chi connectivity index (χ0) is 18.0. The van der Waals surface area contributed by atoms with E-state index in [1.807, 2.05) is 0 Å². The van der Waals surface area contributed by atoms with Crippen molar-refractivity contribution < 1.29 is 9.53 Å². The summed E-state index contributed by atoms with van der Waals surface area (Å²) in [6.45, 7) is 11.3. The number of allylic oxidation sites excluding steroid dienone is 1. The third kappa shape index (κ3) is 2.74. The molecule has 0 aromatic carbocycles. The highest BCUT2D eigenvalue weighted by Crippen LogP contribution is 2.64. The lowest BCUT2D eigenvalue weighted by atomic mass is 9.48. The van der Waals surface area contributed by atoms with Crippen molar-refractivity contribution in [3.8, 4) is 0 Å². The molecule has 0 radical (unpaired) electrons. The molecule has 140 valence electrons. The molecule has 0 bridgehead atoms. The van der Waals surface area contributed by atoms with Crippen LogP contribution in [0.3, 0.4) is 0 Å². The van der Waals surface area contributed by atoms with E-state index >= 15 is 0 Å². The first-order valence-corrected chi connectivity index (χ1v) is 10.5. The van der Waals surface area contributed by atoms with Crippen molar-refractivity contribution in [2.75, 3.05) is 0 Å². The predicted octanol–water partition coefficient (Wildman–Crippen LogP) is 5.70. The van der Waals surface area contributed by atoms with Crippen molar-refractivity contribution in [2.24, 2.45) is 28.6 Å². The number of hydrogen-bond donors (Lipinski definition) is 0. The molecule has 3 saturated carbocycles. The summed E-state index contributed by atoms with van der Waals surface area (Å²) in [4.78, 5) is 12.5. The topological polar surface area (TPSA) is 26.3 Å². The van der Waals surface area contributed by atoms with E-state index in [1.165, 1.54) is 25.7 Å². The van der Waals surface area contributed by atoms with Crippen molar-refractivity contribution in [1.82, 2.24) is 0 Å². The van der Waals surface area contributed by atoms with Crippen LogP contribution >= 0.6 is 0 Å². The highest BCUT2D eigenvalue weighted by molar-refractivity contribution is 5.87. The van der Waals surface area contributed by atoms with Crippen molar-refractivity contribution in [1.29, 1.82) is 0 Å². The van der Waals surface area contributed by atoms with Crippen molar-refractivity contribution in [3.05, 3.63) is 11.6 Å². The first kappa shape index (κ1) is 17.8. The molecule has 25 heavy (non-hydrogen) atoms. The summed E-state index contributed by atoms with van der Waals surface area (Å²) in [5, 5.41) is 0. The van der Waals surface area contributed by atoms with E-state index in [0.29, 0.717) is 23.2 Å². The molecule has 0 aliphatic heterocycles. The number of carbonyl (C=O) groups excluding carboxylic acids is 1. The Bertz CT molecular complexity index is 598. The molecule has 4 aliphatic carbocycles. The van der Waals surface area contributed by atoms with Crippen LogP contribution in [-0.4, -0.2) is 17.5 Å². The van der Waals surface area contributed by atoms with Crippen LogP contribution in [0, 0.1) is 28.6 Å². The van der Waals surface area contributed by atoms with Gasteiger partial charge >= 0.3 is 0 Å². The minimum atomic E-state index is -0.0486. The second kappa shape index (κ2) is 5.68. The minimum Gasteiger partial charge on any atom is -0.372 e. The number of carbonyl (C=O) groups is 1. The summed E-state index contributed by atoms with van der Waals surface area (Å²) >= 11 is 0. The number of rotatable bonds is 1. The number of Topliss-reactive ketones (excluding diaryl/α,β-unsaturated/α-hetero) is 1. The summed E-state index contributed by atoms with van der Waals surface area (Å²) in [5.41, 5.74) is 1.97. The summed E-state index contributed by atoms with van der Waals surface area (Å²) in [6, 6.07) is 0. The molecular weight excluding hydrogens is 308 g/mol. The van der Waals surface area contributed by atoms with Crippen molar-refractivity contribution in [3.63, 3.8) is 0 Å². The van der Waals surface area contributed by atoms with Crippen LogP contribution in [0.15, 0.2) is 11.6 Å². The highest BCUT2D eigenvalue weighted by atomic mass is 16.5. The van der Waals surface area contributed by atoms with E-state index in [1.54, 1.807) is 5.57 Å². The fraction of sp³-hybridized carbons (Fsp3) is 0.870. The Labute approximate surface area is 153 Å². The maximum absolute atomic E-state index is 12.5. The average Bonchev–Trinajstić information content (AvgIpc) is 2.82. The third-order valence-corrected chi connectivity index (χ3v) is 8.29. The lowest BCUT2D eigenvalue weighted by Crippen LogP contribution is -2.50. The van der Waals surface area contributed by atoms with Gasteiger partial charge in [-0.05, 0) is 88.9 Å². The van der Waals surface area contributed by atoms with Crippen LogP contribution in [0.5, 0.6) is 0 Å². The maximum Gasteiger partial charge on any atom is 0.139 e. The largest absolute Gasteiger partial charge is 0.372 e. The normalized spacial score (nSPS) is 46.9.